The lowest BCUT2D eigenvalue weighted by atomic mass is 9.47. The number of rotatable bonds is 2. The van der Waals surface area contributed by atoms with E-state index in [-0.39, 0.29) is 28.7 Å². The number of allylic oxidation sites excluding steroid dienone is 4. The van der Waals surface area contributed by atoms with Gasteiger partial charge in [-0.15, -0.1) is 0 Å². The second-order valence-electron chi connectivity index (χ2n) is 9.65. The minimum Gasteiger partial charge on any atom is -0.463 e. The van der Waals surface area contributed by atoms with Gasteiger partial charge >= 0.3 is 5.97 Å². The van der Waals surface area contributed by atoms with Crippen LogP contribution >= 0.6 is 0 Å². The minimum absolute atomic E-state index is 0.0147. The Balaban J connectivity index is 1.60. The van der Waals surface area contributed by atoms with Crippen molar-refractivity contribution in [1.29, 1.82) is 0 Å². The van der Waals surface area contributed by atoms with Gasteiger partial charge in [0.05, 0.1) is 0 Å². The number of esters is 1. The first-order chi connectivity index (χ1) is 12.3. The second kappa shape index (κ2) is 6.07. The third kappa shape index (κ3) is 2.53. The highest BCUT2D eigenvalue weighted by atomic mass is 16.5. The Morgan fingerprint density at radius 2 is 1.96 bits per heavy atom. The van der Waals surface area contributed by atoms with Crippen LogP contribution in [0.4, 0.5) is 0 Å². The van der Waals surface area contributed by atoms with Crippen LogP contribution in [0.2, 0.25) is 0 Å². The van der Waals surface area contributed by atoms with Gasteiger partial charge in [0.15, 0.2) is 5.78 Å². The van der Waals surface area contributed by atoms with Crippen molar-refractivity contribution in [3.8, 4) is 0 Å². The number of hydrogen-bond donors (Lipinski definition) is 0. The average molecular weight is 357 g/mol. The molecule has 3 fully saturated rings. The average Bonchev–Trinajstić information content (AvgIpc) is 2.92. The molecule has 0 aromatic heterocycles. The van der Waals surface area contributed by atoms with E-state index >= 15 is 0 Å². The topological polar surface area (TPSA) is 43.4 Å². The highest BCUT2D eigenvalue weighted by Gasteiger charge is 2.59. The van der Waals surface area contributed by atoms with Crippen LogP contribution in [0.15, 0.2) is 23.8 Å². The SMILES string of the molecule is CC(=O)O[C@@H](C)[C@H]1CC[C@H]2[C@@H]3CCC4=CC(=O)C=C[C@]4(C)[C@H]3CC[C@]12C. The number of fused-ring (bicyclic) bond motifs is 5. The molecule has 4 aliphatic carbocycles. The van der Waals surface area contributed by atoms with E-state index in [2.05, 4.69) is 26.8 Å². The molecule has 4 aliphatic rings. The Morgan fingerprint density at radius 3 is 2.69 bits per heavy atom. The van der Waals surface area contributed by atoms with E-state index < -0.39 is 0 Å². The maximum Gasteiger partial charge on any atom is 0.302 e. The Kier molecular flexibility index (Phi) is 4.20. The van der Waals surface area contributed by atoms with Gasteiger partial charge in [0, 0.05) is 18.3 Å². The second-order valence-corrected chi connectivity index (χ2v) is 9.65. The summed E-state index contributed by atoms with van der Waals surface area (Å²) in [5, 5.41) is 0. The summed E-state index contributed by atoms with van der Waals surface area (Å²) >= 11 is 0. The van der Waals surface area contributed by atoms with Crippen LogP contribution in [0.3, 0.4) is 0 Å². The van der Waals surface area contributed by atoms with E-state index in [1.165, 1.54) is 44.6 Å². The van der Waals surface area contributed by atoms with E-state index in [1.54, 1.807) is 6.08 Å². The number of carbonyl (C=O) groups is 2. The molecular weight excluding hydrogens is 324 g/mol. The number of hydrogen-bond acceptors (Lipinski definition) is 3. The third-order valence-corrected chi connectivity index (χ3v) is 8.55. The zero-order valence-electron chi connectivity index (χ0n) is 16.6. The van der Waals surface area contributed by atoms with Gasteiger partial charge in [-0.05, 0) is 80.8 Å². The molecule has 0 aromatic rings. The molecule has 7 atom stereocenters. The molecule has 3 saturated carbocycles. The highest BCUT2D eigenvalue weighted by Crippen LogP contribution is 2.66. The van der Waals surface area contributed by atoms with E-state index in [4.69, 9.17) is 4.74 Å². The van der Waals surface area contributed by atoms with E-state index in [0.717, 1.165) is 12.3 Å². The molecule has 142 valence electrons. The first-order valence-electron chi connectivity index (χ1n) is 10.4. The first kappa shape index (κ1) is 18.0. The zero-order valence-corrected chi connectivity index (χ0v) is 16.6. The molecule has 0 N–H and O–H groups in total. The number of ketones is 1. The van der Waals surface area contributed by atoms with Gasteiger partial charge in [-0.2, -0.15) is 0 Å². The number of ether oxygens (including phenoxy) is 1. The van der Waals surface area contributed by atoms with Crippen LogP contribution in [0.5, 0.6) is 0 Å². The summed E-state index contributed by atoms with van der Waals surface area (Å²) in [6.07, 6.45) is 13.0. The molecule has 3 nitrogen and oxygen atoms in total. The molecule has 0 spiro atoms. The number of carbonyl (C=O) groups excluding carboxylic acids is 2. The normalized spacial score (nSPS) is 45.2. The molecule has 0 aromatic carbocycles. The van der Waals surface area contributed by atoms with Gasteiger partial charge in [-0.3, -0.25) is 9.59 Å². The maximum absolute atomic E-state index is 11.9. The van der Waals surface area contributed by atoms with Crippen LogP contribution in [0, 0.1) is 34.5 Å². The molecule has 3 heteroatoms. The van der Waals surface area contributed by atoms with Crippen molar-refractivity contribution < 1.29 is 14.3 Å². The fourth-order valence-electron chi connectivity index (χ4n) is 7.35. The summed E-state index contributed by atoms with van der Waals surface area (Å²) in [5.74, 6) is 2.57. The highest BCUT2D eigenvalue weighted by molar-refractivity contribution is 6.01. The van der Waals surface area contributed by atoms with Crippen molar-refractivity contribution in [3.05, 3.63) is 23.8 Å². The van der Waals surface area contributed by atoms with Gasteiger partial charge in [0.25, 0.3) is 0 Å². The van der Waals surface area contributed by atoms with Gasteiger partial charge in [0.1, 0.15) is 6.10 Å². The van der Waals surface area contributed by atoms with E-state index in [0.29, 0.717) is 17.8 Å². The quantitative estimate of drug-likeness (QED) is 0.664. The molecular formula is C23H32O3. The van der Waals surface area contributed by atoms with Crippen molar-refractivity contribution >= 4 is 11.8 Å². The summed E-state index contributed by atoms with van der Waals surface area (Å²) in [5.41, 5.74) is 1.71. The molecule has 26 heavy (non-hydrogen) atoms. The van der Waals surface area contributed by atoms with Gasteiger partial charge < -0.3 is 4.74 Å². The summed E-state index contributed by atoms with van der Waals surface area (Å²) in [6, 6.07) is 0. The Morgan fingerprint density at radius 1 is 1.19 bits per heavy atom. The van der Waals surface area contributed by atoms with Crippen molar-refractivity contribution in [2.24, 2.45) is 34.5 Å². The lowest BCUT2D eigenvalue weighted by Crippen LogP contribution is -2.50. The predicted molar refractivity (Wildman–Crippen MR) is 101 cm³/mol. The van der Waals surface area contributed by atoms with E-state index in [9.17, 15) is 9.59 Å². The summed E-state index contributed by atoms with van der Waals surface area (Å²) in [7, 11) is 0. The summed E-state index contributed by atoms with van der Waals surface area (Å²) in [6.45, 7) is 8.42. The largest absolute Gasteiger partial charge is 0.463 e. The zero-order chi connectivity index (χ0) is 18.7. The third-order valence-electron chi connectivity index (χ3n) is 8.55. The fraction of sp³-hybridized carbons (Fsp3) is 0.739. The molecule has 0 amide bonds. The smallest absolute Gasteiger partial charge is 0.302 e. The van der Waals surface area contributed by atoms with Crippen LogP contribution in [-0.4, -0.2) is 17.9 Å². The van der Waals surface area contributed by atoms with Gasteiger partial charge in [0.2, 0.25) is 0 Å². The monoisotopic (exact) mass is 356 g/mol. The van der Waals surface area contributed by atoms with E-state index in [1.807, 2.05) is 6.08 Å². The molecule has 0 radical (unpaired) electrons. The lowest BCUT2D eigenvalue weighted by molar-refractivity contribution is -0.152. The standard InChI is InChI=1S/C23H32O3/c1-14(26-15(2)24)19-7-8-20-18-6-5-16-13-17(25)9-11-22(16,3)21(18)10-12-23(19,20)4/h9,11,13-14,18-21H,5-8,10,12H2,1-4H3/t14-,18-,19+,20-,21-,22-,23+/m0/s1. The van der Waals surface area contributed by atoms with Crippen LogP contribution in [0.25, 0.3) is 0 Å². The van der Waals surface area contributed by atoms with Crippen molar-refractivity contribution in [1.82, 2.24) is 0 Å². The van der Waals surface area contributed by atoms with Crippen molar-refractivity contribution in [3.63, 3.8) is 0 Å². The lowest BCUT2D eigenvalue weighted by Gasteiger charge is -2.57. The van der Waals surface area contributed by atoms with Crippen molar-refractivity contribution in [2.75, 3.05) is 0 Å². The molecule has 0 bridgehead atoms. The molecule has 0 unspecified atom stereocenters. The molecule has 0 heterocycles. The van der Waals surface area contributed by atoms with Crippen LogP contribution in [0.1, 0.15) is 66.2 Å². The first-order valence-corrected chi connectivity index (χ1v) is 10.4. The van der Waals surface area contributed by atoms with Crippen LogP contribution < -0.4 is 0 Å². The van der Waals surface area contributed by atoms with Gasteiger partial charge in [-0.1, -0.05) is 25.5 Å². The molecule has 0 saturated heterocycles. The summed E-state index contributed by atoms with van der Waals surface area (Å²) < 4.78 is 5.61. The maximum atomic E-state index is 11.9. The Hall–Kier alpha value is -1.38. The Bertz CT molecular complexity index is 690. The Labute approximate surface area is 157 Å². The summed E-state index contributed by atoms with van der Waals surface area (Å²) in [4.78, 5) is 23.3. The minimum atomic E-state index is -0.157. The fourth-order valence-corrected chi connectivity index (χ4v) is 7.35. The van der Waals surface area contributed by atoms with Crippen molar-refractivity contribution in [2.45, 2.75) is 72.3 Å². The predicted octanol–water partition coefficient (Wildman–Crippen LogP) is 4.86. The van der Waals surface area contributed by atoms with Gasteiger partial charge in [-0.25, -0.2) is 0 Å². The molecule has 4 rings (SSSR count). The molecule has 0 aliphatic heterocycles. The van der Waals surface area contributed by atoms with Crippen LogP contribution in [-0.2, 0) is 14.3 Å².